The number of nitrogens with zero attached hydrogens (tertiary/aromatic N) is 1. The smallest absolute Gasteiger partial charge is 0.225 e. The van der Waals surface area contributed by atoms with Crippen molar-refractivity contribution in [3.8, 4) is 0 Å². The van der Waals surface area contributed by atoms with Gasteiger partial charge in [-0.05, 0) is 38.1 Å². The Bertz CT molecular complexity index is 623. The van der Waals surface area contributed by atoms with Gasteiger partial charge >= 0.3 is 0 Å². The van der Waals surface area contributed by atoms with Gasteiger partial charge in [-0.25, -0.2) is 0 Å². The van der Waals surface area contributed by atoms with Crippen molar-refractivity contribution < 1.29 is 4.79 Å². The molecule has 3 nitrogen and oxygen atoms in total. The summed E-state index contributed by atoms with van der Waals surface area (Å²) in [6.07, 6.45) is 0.497. The van der Waals surface area contributed by atoms with Gasteiger partial charge < -0.3 is 10.2 Å². The Morgan fingerprint density at radius 3 is 2.50 bits per heavy atom. The topological polar surface area (TPSA) is 32.3 Å². The molecular formula is C19H24N2O. The average Bonchev–Trinajstić information content (AvgIpc) is 2.49. The third kappa shape index (κ3) is 5.01. The minimum Gasteiger partial charge on any atom is -0.326 e. The second-order valence-electron chi connectivity index (χ2n) is 5.84. The molecule has 116 valence electrons. The highest BCUT2D eigenvalue weighted by Crippen LogP contribution is 2.16. The van der Waals surface area contributed by atoms with Gasteiger partial charge in [0, 0.05) is 25.2 Å². The summed E-state index contributed by atoms with van der Waals surface area (Å²) in [5.41, 5.74) is 4.48. The van der Waals surface area contributed by atoms with E-state index in [1.807, 2.05) is 44.3 Å². The summed E-state index contributed by atoms with van der Waals surface area (Å²) in [5.74, 6) is 0.0619. The Labute approximate surface area is 133 Å². The Kier molecular flexibility index (Phi) is 5.73. The summed E-state index contributed by atoms with van der Waals surface area (Å²) in [6.45, 7) is 5.67. The number of anilines is 1. The number of carbonyl (C=O) groups excluding carboxylic acids is 1. The van der Waals surface area contributed by atoms with Crippen molar-refractivity contribution in [2.45, 2.75) is 26.8 Å². The second kappa shape index (κ2) is 7.76. The van der Waals surface area contributed by atoms with Gasteiger partial charge in [0.05, 0.1) is 0 Å². The fourth-order valence-electron chi connectivity index (χ4n) is 2.43. The van der Waals surface area contributed by atoms with Gasteiger partial charge in [0.2, 0.25) is 5.91 Å². The predicted molar refractivity (Wildman–Crippen MR) is 91.9 cm³/mol. The number of amides is 1. The molecule has 2 aromatic rings. The Morgan fingerprint density at radius 1 is 1.09 bits per heavy atom. The quantitative estimate of drug-likeness (QED) is 0.880. The molecule has 0 heterocycles. The highest BCUT2D eigenvalue weighted by Gasteiger charge is 2.07. The van der Waals surface area contributed by atoms with Crippen LogP contribution in [0.1, 0.15) is 23.1 Å². The van der Waals surface area contributed by atoms with E-state index < -0.39 is 0 Å². The molecule has 3 heteroatoms. The van der Waals surface area contributed by atoms with Crippen LogP contribution < -0.4 is 5.32 Å². The van der Waals surface area contributed by atoms with E-state index in [9.17, 15) is 4.79 Å². The molecule has 0 saturated heterocycles. The molecule has 0 spiro atoms. The number of carbonyl (C=O) groups is 1. The molecule has 1 amide bonds. The average molecular weight is 296 g/mol. The third-order valence-corrected chi connectivity index (χ3v) is 3.67. The van der Waals surface area contributed by atoms with Crippen molar-refractivity contribution in [1.29, 1.82) is 0 Å². The number of hydrogen-bond acceptors (Lipinski definition) is 2. The molecule has 2 aromatic carbocycles. The largest absolute Gasteiger partial charge is 0.326 e. The van der Waals surface area contributed by atoms with Gasteiger partial charge in [-0.3, -0.25) is 4.79 Å². The molecule has 0 unspecified atom stereocenters. The van der Waals surface area contributed by atoms with Gasteiger partial charge in [-0.15, -0.1) is 0 Å². The number of aryl methyl sites for hydroxylation is 2. The summed E-state index contributed by atoms with van der Waals surface area (Å²) < 4.78 is 0. The maximum absolute atomic E-state index is 12.1. The monoisotopic (exact) mass is 296 g/mol. The number of rotatable bonds is 6. The van der Waals surface area contributed by atoms with Crippen molar-refractivity contribution in [2.75, 3.05) is 18.9 Å². The lowest BCUT2D eigenvalue weighted by molar-refractivity contribution is -0.116. The van der Waals surface area contributed by atoms with Crippen molar-refractivity contribution in [3.05, 3.63) is 65.2 Å². The third-order valence-electron chi connectivity index (χ3n) is 3.67. The van der Waals surface area contributed by atoms with Crippen molar-refractivity contribution in [1.82, 2.24) is 4.90 Å². The van der Waals surface area contributed by atoms with E-state index in [-0.39, 0.29) is 5.91 Å². The molecule has 0 saturated carbocycles. The normalized spacial score (nSPS) is 10.7. The molecule has 0 atom stereocenters. The molecule has 0 aliphatic rings. The minimum atomic E-state index is 0.0619. The number of nitrogens with one attached hydrogen (secondary N) is 1. The first-order valence-electron chi connectivity index (χ1n) is 7.64. The summed E-state index contributed by atoms with van der Waals surface area (Å²) in [4.78, 5) is 14.2. The zero-order chi connectivity index (χ0) is 15.9. The van der Waals surface area contributed by atoms with Gasteiger partial charge in [0.15, 0.2) is 0 Å². The van der Waals surface area contributed by atoms with E-state index in [1.165, 1.54) is 11.1 Å². The summed E-state index contributed by atoms with van der Waals surface area (Å²) in [6, 6.07) is 16.4. The molecule has 2 rings (SSSR count). The Balaban J connectivity index is 1.80. The summed E-state index contributed by atoms with van der Waals surface area (Å²) in [5, 5.41) is 2.99. The van der Waals surface area contributed by atoms with Crippen LogP contribution in [0.15, 0.2) is 48.5 Å². The van der Waals surface area contributed by atoms with Gasteiger partial charge in [-0.1, -0.05) is 48.0 Å². The van der Waals surface area contributed by atoms with Crippen LogP contribution in [0.3, 0.4) is 0 Å². The van der Waals surface area contributed by atoms with Crippen LogP contribution in [0.4, 0.5) is 5.69 Å². The van der Waals surface area contributed by atoms with Crippen LogP contribution in [0, 0.1) is 13.8 Å². The van der Waals surface area contributed by atoms with E-state index in [4.69, 9.17) is 0 Å². The first-order chi connectivity index (χ1) is 10.5. The van der Waals surface area contributed by atoms with Crippen LogP contribution in [-0.2, 0) is 11.3 Å². The molecule has 0 aliphatic carbocycles. The Hall–Kier alpha value is -2.13. The number of benzene rings is 2. The fourth-order valence-corrected chi connectivity index (χ4v) is 2.43. The zero-order valence-electron chi connectivity index (χ0n) is 13.6. The van der Waals surface area contributed by atoms with Gasteiger partial charge in [0.1, 0.15) is 0 Å². The van der Waals surface area contributed by atoms with E-state index in [0.717, 1.165) is 24.3 Å². The molecule has 0 fully saturated rings. The SMILES string of the molecule is Cc1ccc(NC(=O)CCN(C)Cc2ccccc2)c(C)c1. The van der Waals surface area contributed by atoms with E-state index >= 15 is 0 Å². The van der Waals surface area contributed by atoms with Crippen molar-refractivity contribution in [2.24, 2.45) is 0 Å². The summed E-state index contributed by atoms with van der Waals surface area (Å²) >= 11 is 0. The lowest BCUT2D eigenvalue weighted by Gasteiger charge is -2.16. The van der Waals surface area contributed by atoms with Gasteiger partial charge in [0.25, 0.3) is 0 Å². The van der Waals surface area contributed by atoms with Crippen LogP contribution in [-0.4, -0.2) is 24.4 Å². The first-order valence-corrected chi connectivity index (χ1v) is 7.64. The Morgan fingerprint density at radius 2 is 1.82 bits per heavy atom. The van der Waals surface area contributed by atoms with Crippen LogP contribution in [0.25, 0.3) is 0 Å². The molecule has 0 radical (unpaired) electrons. The lowest BCUT2D eigenvalue weighted by atomic mass is 10.1. The van der Waals surface area contributed by atoms with E-state index in [1.54, 1.807) is 0 Å². The molecule has 0 bridgehead atoms. The van der Waals surface area contributed by atoms with Crippen LogP contribution >= 0.6 is 0 Å². The standard InChI is InChI=1S/C19H24N2O/c1-15-9-10-18(16(2)13-15)20-19(22)11-12-21(3)14-17-7-5-4-6-8-17/h4-10,13H,11-12,14H2,1-3H3,(H,20,22). The van der Waals surface area contributed by atoms with E-state index in [0.29, 0.717) is 6.42 Å². The van der Waals surface area contributed by atoms with Crippen molar-refractivity contribution in [3.63, 3.8) is 0 Å². The highest BCUT2D eigenvalue weighted by atomic mass is 16.1. The second-order valence-corrected chi connectivity index (χ2v) is 5.84. The lowest BCUT2D eigenvalue weighted by Crippen LogP contribution is -2.24. The maximum atomic E-state index is 12.1. The summed E-state index contributed by atoms with van der Waals surface area (Å²) in [7, 11) is 2.04. The van der Waals surface area contributed by atoms with Crippen LogP contribution in [0.5, 0.6) is 0 Å². The molecule has 0 aromatic heterocycles. The first kappa shape index (κ1) is 16.2. The fraction of sp³-hybridized carbons (Fsp3) is 0.316. The maximum Gasteiger partial charge on any atom is 0.225 e. The minimum absolute atomic E-state index is 0.0619. The van der Waals surface area contributed by atoms with Crippen LogP contribution in [0.2, 0.25) is 0 Å². The van der Waals surface area contributed by atoms with Gasteiger partial charge in [-0.2, -0.15) is 0 Å². The highest BCUT2D eigenvalue weighted by molar-refractivity contribution is 5.91. The van der Waals surface area contributed by atoms with E-state index in [2.05, 4.69) is 35.3 Å². The molecule has 1 N–H and O–H groups in total. The molecule has 0 aliphatic heterocycles. The van der Waals surface area contributed by atoms with Crippen molar-refractivity contribution >= 4 is 11.6 Å². The molecule has 22 heavy (non-hydrogen) atoms. The molecular weight excluding hydrogens is 272 g/mol. The predicted octanol–water partition coefficient (Wildman–Crippen LogP) is 3.76. The zero-order valence-corrected chi connectivity index (χ0v) is 13.6. The number of hydrogen-bond donors (Lipinski definition) is 1.